The van der Waals surface area contributed by atoms with Gasteiger partial charge in [-0.25, -0.2) is 0 Å². The second-order valence-electron chi connectivity index (χ2n) is 4.48. The van der Waals surface area contributed by atoms with Crippen LogP contribution in [0.5, 0.6) is 0 Å². The Labute approximate surface area is 108 Å². The first-order valence-corrected chi connectivity index (χ1v) is 6.26. The summed E-state index contributed by atoms with van der Waals surface area (Å²) in [5, 5.41) is 2.68. The summed E-state index contributed by atoms with van der Waals surface area (Å²) in [6.45, 7) is 3.57. The Balaban J connectivity index is 4.57. The van der Waals surface area contributed by atoms with Gasteiger partial charge in [-0.1, -0.05) is 13.8 Å². The Morgan fingerprint density at radius 1 is 1.31 bits per heavy atom. The first-order chi connectivity index (χ1) is 7.26. The van der Waals surface area contributed by atoms with Crippen molar-refractivity contribution in [2.24, 2.45) is 5.41 Å². The number of hydrogen-bond donors (Lipinski definition) is 3. The molecule has 1 N–H and O–H groups in total. The van der Waals surface area contributed by atoms with Gasteiger partial charge in [-0.15, -0.1) is 0 Å². The van der Waals surface area contributed by atoms with Crippen molar-refractivity contribution in [1.82, 2.24) is 10.2 Å². The Bertz CT molecular complexity index is 268. The molecule has 94 valence electrons. The molecule has 0 aliphatic rings. The molecule has 0 aliphatic heterocycles. The van der Waals surface area contributed by atoms with Gasteiger partial charge in [-0.05, 0) is 0 Å². The van der Waals surface area contributed by atoms with E-state index in [4.69, 9.17) is 0 Å². The van der Waals surface area contributed by atoms with Crippen LogP contribution in [0.15, 0.2) is 0 Å². The molecule has 6 heteroatoms. The summed E-state index contributed by atoms with van der Waals surface area (Å²) in [4.78, 5) is 24.9. The van der Waals surface area contributed by atoms with Gasteiger partial charge in [0, 0.05) is 25.6 Å². The summed E-state index contributed by atoms with van der Waals surface area (Å²) in [6.07, 6.45) is 0. The van der Waals surface area contributed by atoms with Crippen LogP contribution in [0.25, 0.3) is 0 Å². The molecular weight excluding hydrogens is 244 g/mol. The lowest BCUT2D eigenvalue weighted by Crippen LogP contribution is -2.51. The first kappa shape index (κ1) is 15.6. The number of carbonyl (C=O) groups excluding carboxylic acids is 2. The molecule has 0 heterocycles. The number of rotatable bonds is 5. The van der Waals surface area contributed by atoms with Crippen LogP contribution in [0.1, 0.15) is 13.8 Å². The minimum Gasteiger partial charge on any atom is -0.347 e. The van der Waals surface area contributed by atoms with Crippen LogP contribution in [0.4, 0.5) is 0 Å². The molecule has 0 spiro atoms. The van der Waals surface area contributed by atoms with Gasteiger partial charge in [0.1, 0.15) is 6.04 Å². The fourth-order valence-electron chi connectivity index (χ4n) is 0.923. The third kappa shape index (κ3) is 4.25. The van der Waals surface area contributed by atoms with E-state index in [0.29, 0.717) is 5.75 Å². The second-order valence-corrected chi connectivity index (χ2v) is 5.16. The fraction of sp³-hybridized carbons (Fsp3) is 0.800. The van der Waals surface area contributed by atoms with Gasteiger partial charge in [0.25, 0.3) is 0 Å². The number of thiol groups is 2. The van der Waals surface area contributed by atoms with Crippen molar-refractivity contribution in [2.75, 3.05) is 25.6 Å². The molecule has 0 aromatic carbocycles. The molecule has 0 aliphatic carbocycles. The molecule has 4 nitrogen and oxygen atoms in total. The lowest BCUT2D eigenvalue weighted by Gasteiger charge is -2.26. The minimum atomic E-state index is -0.586. The second kappa shape index (κ2) is 6.39. The lowest BCUT2D eigenvalue weighted by molar-refractivity contribution is -0.136. The molecule has 0 rings (SSSR count). The maximum Gasteiger partial charge on any atom is 0.245 e. The number of carbonyl (C=O) groups is 2. The molecule has 0 aromatic rings. The van der Waals surface area contributed by atoms with Gasteiger partial charge in [-0.3, -0.25) is 9.59 Å². The van der Waals surface area contributed by atoms with Crippen molar-refractivity contribution >= 4 is 37.1 Å². The van der Waals surface area contributed by atoms with E-state index in [1.54, 1.807) is 27.9 Å². The van der Waals surface area contributed by atoms with E-state index in [1.807, 2.05) is 0 Å². The Kier molecular flexibility index (Phi) is 6.25. The standard InChI is InChI=1S/C10H20N2O2S2/c1-10(2,6-16)9(14)11-7(5-15)8(13)12(3)4/h7,15-16H,5-6H2,1-4H3,(H,11,14). The van der Waals surface area contributed by atoms with E-state index in [1.165, 1.54) is 4.90 Å². The van der Waals surface area contributed by atoms with Gasteiger partial charge < -0.3 is 10.2 Å². The normalized spacial score (nSPS) is 13.1. The summed E-state index contributed by atoms with van der Waals surface area (Å²) < 4.78 is 0. The highest BCUT2D eigenvalue weighted by atomic mass is 32.1. The summed E-state index contributed by atoms with van der Waals surface area (Å²) in [5.41, 5.74) is -0.586. The number of nitrogens with zero attached hydrogens (tertiary/aromatic N) is 1. The quantitative estimate of drug-likeness (QED) is 0.631. The Morgan fingerprint density at radius 2 is 1.81 bits per heavy atom. The van der Waals surface area contributed by atoms with E-state index >= 15 is 0 Å². The highest BCUT2D eigenvalue weighted by Crippen LogP contribution is 2.17. The van der Waals surface area contributed by atoms with Crippen molar-refractivity contribution < 1.29 is 9.59 Å². The zero-order chi connectivity index (χ0) is 12.9. The topological polar surface area (TPSA) is 49.4 Å². The van der Waals surface area contributed by atoms with Crippen molar-refractivity contribution in [3.63, 3.8) is 0 Å². The maximum atomic E-state index is 11.8. The zero-order valence-corrected chi connectivity index (χ0v) is 11.9. The summed E-state index contributed by atoms with van der Waals surface area (Å²) in [6, 6.07) is -0.579. The van der Waals surface area contributed by atoms with Crippen molar-refractivity contribution in [3.8, 4) is 0 Å². The van der Waals surface area contributed by atoms with Crippen LogP contribution >= 0.6 is 25.3 Å². The van der Waals surface area contributed by atoms with Crippen molar-refractivity contribution in [2.45, 2.75) is 19.9 Å². The van der Waals surface area contributed by atoms with Gasteiger partial charge in [-0.2, -0.15) is 25.3 Å². The van der Waals surface area contributed by atoms with Crippen molar-refractivity contribution in [1.29, 1.82) is 0 Å². The van der Waals surface area contributed by atoms with E-state index < -0.39 is 11.5 Å². The number of likely N-dealkylation sites (N-methyl/N-ethyl adjacent to an activating group) is 1. The predicted octanol–water partition coefficient (Wildman–Crippen LogP) is 0.445. The highest BCUT2D eigenvalue weighted by molar-refractivity contribution is 7.80. The van der Waals surface area contributed by atoms with E-state index in [2.05, 4.69) is 30.6 Å². The number of hydrogen-bond acceptors (Lipinski definition) is 4. The van der Waals surface area contributed by atoms with Crippen molar-refractivity contribution in [3.05, 3.63) is 0 Å². The van der Waals surface area contributed by atoms with Gasteiger partial charge in [0.2, 0.25) is 11.8 Å². The van der Waals surface area contributed by atoms with E-state index in [0.717, 1.165) is 0 Å². The minimum absolute atomic E-state index is 0.154. The Hall–Kier alpha value is -0.360. The SMILES string of the molecule is CN(C)C(=O)C(CS)NC(=O)C(C)(C)CS. The van der Waals surface area contributed by atoms with E-state index in [9.17, 15) is 9.59 Å². The average molecular weight is 264 g/mol. The molecule has 0 aromatic heterocycles. The summed E-state index contributed by atoms with van der Waals surface area (Å²) in [5.74, 6) is 0.370. The monoisotopic (exact) mass is 264 g/mol. The van der Waals surface area contributed by atoms with E-state index in [-0.39, 0.29) is 17.6 Å². The van der Waals surface area contributed by atoms with Crippen LogP contribution < -0.4 is 5.32 Å². The third-order valence-electron chi connectivity index (χ3n) is 2.24. The first-order valence-electron chi connectivity index (χ1n) is 5.00. The molecule has 0 saturated carbocycles. The predicted molar refractivity (Wildman–Crippen MR) is 72.1 cm³/mol. The molecular formula is C10H20N2O2S2. The Morgan fingerprint density at radius 3 is 2.12 bits per heavy atom. The van der Waals surface area contributed by atoms with Crippen LogP contribution in [-0.4, -0.2) is 48.4 Å². The number of nitrogens with one attached hydrogen (secondary N) is 1. The molecule has 0 bridgehead atoms. The van der Waals surface area contributed by atoms with Gasteiger partial charge in [0.05, 0.1) is 5.41 Å². The molecule has 2 amide bonds. The summed E-state index contributed by atoms with van der Waals surface area (Å²) >= 11 is 8.18. The van der Waals surface area contributed by atoms with Gasteiger partial charge >= 0.3 is 0 Å². The fourth-order valence-corrected chi connectivity index (χ4v) is 1.31. The molecule has 0 fully saturated rings. The largest absolute Gasteiger partial charge is 0.347 e. The third-order valence-corrected chi connectivity index (χ3v) is 3.39. The smallest absolute Gasteiger partial charge is 0.245 e. The molecule has 1 unspecified atom stereocenters. The van der Waals surface area contributed by atoms with Gasteiger partial charge in [0.15, 0.2) is 0 Å². The lowest BCUT2D eigenvalue weighted by atomic mass is 9.95. The van der Waals surface area contributed by atoms with Crippen LogP contribution in [-0.2, 0) is 9.59 Å². The molecule has 0 saturated heterocycles. The molecule has 16 heavy (non-hydrogen) atoms. The van der Waals surface area contributed by atoms with Crippen LogP contribution in [0, 0.1) is 5.41 Å². The van der Waals surface area contributed by atoms with Crippen LogP contribution in [0.2, 0.25) is 0 Å². The zero-order valence-electron chi connectivity index (χ0n) is 10.1. The average Bonchev–Trinajstić information content (AvgIpc) is 2.24. The summed E-state index contributed by atoms with van der Waals surface area (Å²) in [7, 11) is 3.30. The highest BCUT2D eigenvalue weighted by Gasteiger charge is 2.30. The van der Waals surface area contributed by atoms with Crippen LogP contribution in [0.3, 0.4) is 0 Å². The molecule has 0 radical (unpaired) electrons. The molecule has 1 atom stereocenters. The maximum absolute atomic E-state index is 11.8. The number of amides is 2.